The van der Waals surface area contributed by atoms with Crippen LogP contribution in [0.1, 0.15) is 27.8 Å². The van der Waals surface area contributed by atoms with Crippen molar-refractivity contribution < 1.29 is 14.6 Å². The Morgan fingerprint density at radius 1 is 1.31 bits per heavy atom. The van der Waals surface area contributed by atoms with E-state index in [4.69, 9.17) is 11.6 Å². The van der Waals surface area contributed by atoms with Crippen LogP contribution in [0, 0.1) is 6.92 Å². The molecule has 0 radical (unpaired) electrons. The minimum Gasteiger partial charge on any atom is -0.465 e. The number of halogens is 1. The summed E-state index contributed by atoms with van der Waals surface area (Å²) in [6, 6.07) is 11.5. The van der Waals surface area contributed by atoms with Gasteiger partial charge >= 0.3 is 5.97 Å². The third-order valence-electron chi connectivity index (χ3n) is 4.19. The van der Waals surface area contributed by atoms with Gasteiger partial charge in [-0.2, -0.15) is 0 Å². The van der Waals surface area contributed by atoms with Gasteiger partial charge in [0, 0.05) is 10.6 Å². The molecule has 0 saturated heterocycles. The lowest BCUT2D eigenvalue weighted by molar-refractivity contribution is 0.0601. The molecule has 0 aliphatic heterocycles. The van der Waals surface area contributed by atoms with Gasteiger partial charge in [-0.3, -0.25) is 9.36 Å². The van der Waals surface area contributed by atoms with Crippen LogP contribution < -0.4 is 5.56 Å². The van der Waals surface area contributed by atoms with Gasteiger partial charge in [-0.15, -0.1) is 0 Å². The second-order valence-electron chi connectivity index (χ2n) is 5.84. The van der Waals surface area contributed by atoms with E-state index >= 15 is 0 Å². The average molecular weight is 373 g/mol. The fraction of sp³-hybridized carbons (Fsp3) is 0.211. The van der Waals surface area contributed by atoms with Crippen molar-refractivity contribution in [1.82, 2.24) is 9.55 Å². The molecule has 1 atom stereocenters. The molecule has 3 rings (SSSR count). The van der Waals surface area contributed by atoms with Gasteiger partial charge in [0.25, 0.3) is 5.56 Å². The molecular formula is C19H17ClN2O4. The molecule has 2 aromatic carbocycles. The molecule has 0 spiro atoms. The number of esters is 1. The van der Waals surface area contributed by atoms with Crippen molar-refractivity contribution in [3.63, 3.8) is 0 Å². The Kier molecular flexibility index (Phi) is 5.06. The molecule has 0 bridgehead atoms. The molecule has 0 unspecified atom stereocenters. The summed E-state index contributed by atoms with van der Waals surface area (Å²) in [5.41, 5.74) is 0.968. The van der Waals surface area contributed by atoms with Crippen LogP contribution in [0.5, 0.6) is 0 Å². The highest BCUT2D eigenvalue weighted by Gasteiger charge is 2.17. The largest absolute Gasteiger partial charge is 0.465 e. The minimum absolute atomic E-state index is 0.0239. The number of aromatic nitrogens is 2. The van der Waals surface area contributed by atoms with Gasteiger partial charge in [-0.1, -0.05) is 29.8 Å². The monoisotopic (exact) mass is 372 g/mol. The highest BCUT2D eigenvalue weighted by Crippen LogP contribution is 2.24. The molecule has 0 amide bonds. The van der Waals surface area contributed by atoms with Crippen molar-refractivity contribution in [3.8, 4) is 0 Å². The van der Waals surface area contributed by atoms with Gasteiger partial charge in [0.2, 0.25) is 0 Å². The number of rotatable bonds is 4. The summed E-state index contributed by atoms with van der Waals surface area (Å²) in [4.78, 5) is 28.9. The summed E-state index contributed by atoms with van der Waals surface area (Å²) in [6.07, 6.45) is -0.950. The number of ether oxygens (including phenoxy) is 1. The summed E-state index contributed by atoms with van der Waals surface area (Å²) in [6.45, 7) is 1.70. The number of methoxy groups -OCH3 is 1. The maximum atomic E-state index is 12.8. The van der Waals surface area contributed by atoms with Gasteiger partial charge in [0.15, 0.2) is 0 Å². The second kappa shape index (κ2) is 7.27. The van der Waals surface area contributed by atoms with E-state index in [1.54, 1.807) is 31.2 Å². The van der Waals surface area contributed by atoms with E-state index in [1.165, 1.54) is 29.9 Å². The molecule has 1 N–H and O–H groups in total. The maximum Gasteiger partial charge on any atom is 0.337 e. The lowest BCUT2D eigenvalue weighted by Gasteiger charge is -2.16. The van der Waals surface area contributed by atoms with Gasteiger partial charge in [-0.05, 0) is 31.2 Å². The number of hydrogen-bond acceptors (Lipinski definition) is 5. The highest BCUT2D eigenvalue weighted by molar-refractivity contribution is 6.31. The zero-order valence-corrected chi connectivity index (χ0v) is 15.0. The Bertz CT molecular complexity index is 1050. The first-order chi connectivity index (χ1) is 12.4. The molecule has 134 valence electrons. The van der Waals surface area contributed by atoms with Crippen LogP contribution in [0.25, 0.3) is 10.9 Å². The Hall–Kier alpha value is -2.70. The molecule has 1 aromatic heterocycles. The smallest absolute Gasteiger partial charge is 0.337 e. The van der Waals surface area contributed by atoms with Gasteiger partial charge in [0.1, 0.15) is 5.82 Å². The number of benzene rings is 2. The third-order valence-corrected chi connectivity index (χ3v) is 4.53. The average Bonchev–Trinajstić information content (AvgIpc) is 2.64. The first kappa shape index (κ1) is 18.1. The number of nitrogens with zero attached hydrogens (tertiary/aromatic N) is 2. The Morgan fingerprint density at radius 3 is 2.73 bits per heavy atom. The normalized spacial score (nSPS) is 12.2. The number of aliphatic hydroxyl groups excluding tert-OH is 1. The van der Waals surface area contributed by atoms with E-state index in [-0.39, 0.29) is 12.1 Å². The molecule has 0 fully saturated rings. The molecule has 0 aliphatic rings. The zero-order chi connectivity index (χ0) is 18.8. The Balaban J connectivity index is 2.03. The fourth-order valence-corrected chi connectivity index (χ4v) is 3.07. The lowest BCUT2D eigenvalue weighted by Crippen LogP contribution is -2.27. The number of carbonyl (C=O) groups is 1. The van der Waals surface area contributed by atoms with E-state index in [2.05, 4.69) is 9.72 Å². The van der Waals surface area contributed by atoms with Gasteiger partial charge < -0.3 is 9.84 Å². The predicted octanol–water partition coefficient (Wildman–Crippen LogP) is 2.88. The minimum atomic E-state index is -0.950. The van der Waals surface area contributed by atoms with Gasteiger partial charge in [-0.25, -0.2) is 9.78 Å². The molecule has 7 heteroatoms. The number of aryl methyl sites for hydroxylation is 1. The highest BCUT2D eigenvalue weighted by atomic mass is 35.5. The topological polar surface area (TPSA) is 81.4 Å². The van der Waals surface area contributed by atoms with E-state index < -0.39 is 12.1 Å². The van der Waals surface area contributed by atoms with E-state index in [0.29, 0.717) is 32.9 Å². The lowest BCUT2D eigenvalue weighted by atomic mass is 10.1. The molecule has 6 nitrogen and oxygen atoms in total. The van der Waals surface area contributed by atoms with Crippen LogP contribution in [0.4, 0.5) is 0 Å². The fourth-order valence-electron chi connectivity index (χ4n) is 2.81. The van der Waals surface area contributed by atoms with E-state index in [0.717, 1.165) is 0 Å². The van der Waals surface area contributed by atoms with E-state index in [1.807, 2.05) is 0 Å². The first-order valence-corrected chi connectivity index (χ1v) is 8.32. The summed E-state index contributed by atoms with van der Waals surface area (Å²) < 4.78 is 6.08. The Morgan fingerprint density at radius 2 is 2.04 bits per heavy atom. The van der Waals surface area contributed by atoms with Crippen LogP contribution in [0.2, 0.25) is 5.02 Å². The second-order valence-corrected chi connectivity index (χ2v) is 6.24. The maximum absolute atomic E-state index is 12.8. The van der Waals surface area contributed by atoms with Crippen molar-refractivity contribution in [3.05, 3.63) is 74.8 Å². The summed E-state index contributed by atoms with van der Waals surface area (Å²) in [5.74, 6) is -0.0692. The van der Waals surface area contributed by atoms with Crippen molar-refractivity contribution in [2.45, 2.75) is 19.6 Å². The molecule has 1 heterocycles. The molecule has 3 aromatic rings. The SMILES string of the molecule is COC(=O)c1ccc2c(=O)n(C[C@@H](O)c3ccccc3Cl)c(C)nc2c1. The summed E-state index contributed by atoms with van der Waals surface area (Å²) in [5, 5.41) is 11.3. The third kappa shape index (κ3) is 3.34. The Labute approximate surface area is 154 Å². The molecule has 26 heavy (non-hydrogen) atoms. The number of hydrogen-bond donors (Lipinski definition) is 1. The first-order valence-electron chi connectivity index (χ1n) is 7.94. The van der Waals surface area contributed by atoms with Crippen LogP contribution in [-0.4, -0.2) is 27.7 Å². The number of carbonyl (C=O) groups excluding carboxylic acids is 1. The standard InChI is InChI=1S/C19H17ClN2O4/c1-11-21-16-9-12(19(25)26-2)7-8-14(16)18(24)22(11)10-17(23)13-5-3-4-6-15(13)20/h3-9,17,23H,10H2,1-2H3/t17-/m1/s1. The molecule has 0 saturated carbocycles. The van der Waals surface area contributed by atoms with Crippen LogP contribution in [0.3, 0.4) is 0 Å². The predicted molar refractivity (Wildman–Crippen MR) is 98.5 cm³/mol. The van der Waals surface area contributed by atoms with E-state index in [9.17, 15) is 14.7 Å². The van der Waals surface area contributed by atoms with Crippen molar-refractivity contribution in [2.24, 2.45) is 0 Å². The van der Waals surface area contributed by atoms with Crippen molar-refractivity contribution in [2.75, 3.05) is 7.11 Å². The van der Waals surface area contributed by atoms with Crippen molar-refractivity contribution >= 4 is 28.5 Å². The van der Waals surface area contributed by atoms with Gasteiger partial charge in [0.05, 0.1) is 36.2 Å². The summed E-state index contributed by atoms with van der Waals surface area (Å²) >= 11 is 6.11. The number of fused-ring (bicyclic) bond motifs is 1. The quantitative estimate of drug-likeness (QED) is 0.712. The summed E-state index contributed by atoms with van der Waals surface area (Å²) in [7, 11) is 1.29. The van der Waals surface area contributed by atoms with Crippen LogP contribution >= 0.6 is 11.6 Å². The number of aliphatic hydroxyl groups is 1. The van der Waals surface area contributed by atoms with Crippen LogP contribution in [0.15, 0.2) is 47.3 Å². The van der Waals surface area contributed by atoms with Crippen molar-refractivity contribution in [1.29, 1.82) is 0 Å². The molecule has 0 aliphatic carbocycles. The zero-order valence-electron chi connectivity index (χ0n) is 14.3. The van der Waals surface area contributed by atoms with Crippen LogP contribution in [-0.2, 0) is 11.3 Å². The molecular weight excluding hydrogens is 356 g/mol.